The van der Waals surface area contributed by atoms with Crippen LogP contribution in [0.1, 0.15) is 44.2 Å². The lowest BCUT2D eigenvalue weighted by Crippen LogP contribution is -2.36. The van der Waals surface area contributed by atoms with E-state index in [4.69, 9.17) is 0 Å². The third-order valence-electron chi connectivity index (χ3n) is 5.03. The summed E-state index contributed by atoms with van der Waals surface area (Å²) in [5, 5.41) is 4.12. The molecule has 0 saturated carbocycles. The molecule has 0 radical (unpaired) electrons. The number of hydrogen-bond acceptors (Lipinski definition) is 1. The molecule has 136 valence electrons. The molecule has 0 aliphatic carbocycles. The van der Waals surface area contributed by atoms with E-state index in [9.17, 15) is 9.18 Å². The smallest absolute Gasteiger partial charge is 0.221 e. The Balaban J connectivity index is 1.96. The monoisotopic (exact) mass is 352 g/mol. The van der Waals surface area contributed by atoms with Crippen molar-refractivity contribution in [2.24, 2.45) is 5.92 Å². The minimum Gasteiger partial charge on any atom is -0.361 e. The van der Waals surface area contributed by atoms with Crippen molar-refractivity contribution < 1.29 is 9.18 Å². The van der Waals surface area contributed by atoms with Crippen molar-refractivity contribution in [3.05, 3.63) is 71.7 Å². The molecule has 4 heteroatoms. The molecule has 0 saturated heterocycles. The molecule has 2 N–H and O–H groups in total. The molecule has 0 spiro atoms. The molecule has 1 aromatic heterocycles. The summed E-state index contributed by atoms with van der Waals surface area (Å²) in [6, 6.07) is 14.6. The number of halogens is 1. The predicted octanol–water partition coefficient (Wildman–Crippen LogP) is 4.99. The van der Waals surface area contributed by atoms with Crippen LogP contribution in [-0.4, -0.2) is 16.9 Å². The van der Waals surface area contributed by atoms with Crippen LogP contribution in [0.4, 0.5) is 4.39 Å². The van der Waals surface area contributed by atoms with Crippen LogP contribution in [0.2, 0.25) is 0 Å². The van der Waals surface area contributed by atoms with E-state index in [2.05, 4.69) is 24.1 Å². The molecule has 0 unspecified atom stereocenters. The third kappa shape index (κ3) is 3.96. The van der Waals surface area contributed by atoms with Gasteiger partial charge in [0.1, 0.15) is 5.82 Å². The van der Waals surface area contributed by atoms with Gasteiger partial charge in [-0.3, -0.25) is 4.79 Å². The number of carbonyl (C=O) groups is 1. The molecular weight excluding hydrogens is 327 g/mol. The molecule has 26 heavy (non-hydrogen) atoms. The summed E-state index contributed by atoms with van der Waals surface area (Å²) < 4.78 is 13.8. The lowest BCUT2D eigenvalue weighted by Gasteiger charge is -2.21. The van der Waals surface area contributed by atoms with Gasteiger partial charge in [0.2, 0.25) is 5.91 Å². The zero-order chi connectivity index (χ0) is 18.7. The number of fused-ring (bicyclic) bond motifs is 1. The van der Waals surface area contributed by atoms with Crippen molar-refractivity contribution in [1.29, 1.82) is 0 Å². The highest BCUT2D eigenvalue weighted by atomic mass is 19.1. The second kappa shape index (κ2) is 7.73. The number of H-pyrrole nitrogens is 1. The Morgan fingerprint density at radius 2 is 1.88 bits per heavy atom. The van der Waals surface area contributed by atoms with Crippen molar-refractivity contribution in [2.45, 2.75) is 39.2 Å². The first-order valence-electron chi connectivity index (χ1n) is 9.06. The van der Waals surface area contributed by atoms with Crippen molar-refractivity contribution in [2.75, 3.05) is 0 Å². The van der Waals surface area contributed by atoms with Crippen LogP contribution in [0.15, 0.2) is 54.7 Å². The summed E-state index contributed by atoms with van der Waals surface area (Å²) in [6.07, 6.45) is 2.21. The molecule has 0 aliphatic rings. The average Bonchev–Trinajstić information content (AvgIpc) is 3.03. The van der Waals surface area contributed by atoms with E-state index in [1.807, 2.05) is 43.5 Å². The molecule has 0 aliphatic heterocycles. The predicted molar refractivity (Wildman–Crippen MR) is 104 cm³/mol. The summed E-state index contributed by atoms with van der Waals surface area (Å²) in [4.78, 5) is 15.9. The van der Waals surface area contributed by atoms with E-state index >= 15 is 0 Å². The molecule has 0 bridgehead atoms. The van der Waals surface area contributed by atoms with Gasteiger partial charge in [0.15, 0.2) is 0 Å². The van der Waals surface area contributed by atoms with Crippen molar-refractivity contribution in [1.82, 2.24) is 10.3 Å². The van der Waals surface area contributed by atoms with E-state index < -0.39 is 0 Å². The first-order chi connectivity index (χ1) is 12.5. The Kier molecular flexibility index (Phi) is 5.40. The molecule has 3 rings (SSSR count). The molecule has 1 amide bonds. The zero-order valence-electron chi connectivity index (χ0n) is 15.4. The second-order valence-corrected chi connectivity index (χ2v) is 7.20. The van der Waals surface area contributed by atoms with Gasteiger partial charge in [-0.25, -0.2) is 4.39 Å². The summed E-state index contributed by atoms with van der Waals surface area (Å²) in [7, 11) is 0. The van der Waals surface area contributed by atoms with Gasteiger partial charge >= 0.3 is 0 Å². The van der Waals surface area contributed by atoms with Crippen molar-refractivity contribution >= 4 is 16.8 Å². The summed E-state index contributed by atoms with van der Waals surface area (Å²) >= 11 is 0. The van der Waals surface area contributed by atoms with E-state index in [1.165, 1.54) is 12.1 Å². The van der Waals surface area contributed by atoms with Crippen LogP contribution < -0.4 is 5.32 Å². The Bertz CT molecular complexity index is 900. The Morgan fingerprint density at radius 3 is 2.62 bits per heavy atom. The topological polar surface area (TPSA) is 44.9 Å². The lowest BCUT2D eigenvalue weighted by atomic mass is 9.87. The number of carbonyl (C=O) groups excluding carboxylic acids is 1. The number of hydrogen-bond donors (Lipinski definition) is 2. The first-order valence-corrected chi connectivity index (χ1v) is 9.06. The first kappa shape index (κ1) is 18.2. The molecule has 3 aromatic rings. The SMILES string of the molecule is CC(C)[C@@H](C)NC(=O)C[C@@H](c1cccc(F)c1)c1c[nH]c2ccccc12. The quantitative estimate of drug-likeness (QED) is 0.645. The van der Waals surface area contributed by atoms with Crippen molar-refractivity contribution in [3.8, 4) is 0 Å². The molecule has 2 atom stereocenters. The van der Waals surface area contributed by atoms with E-state index in [-0.39, 0.29) is 30.1 Å². The molecule has 0 fully saturated rings. The van der Waals surface area contributed by atoms with Gasteiger partial charge in [0.25, 0.3) is 0 Å². The van der Waals surface area contributed by atoms with Crippen LogP contribution in [0, 0.1) is 11.7 Å². The van der Waals surface area contributed by atoms with Gasteiger partial charge in [-0.2, -0.15) is 0 Å². The highest BCUT2D eigenvalue weighted by molar-refractivity contribution is 5.86. The second-order valence-electron chi connectivity index (χ2n) is 7.20. The van der Waals surface area contributed by atoms with E-state index in [0.717, 1.165) is 22.0 Å². The summed E-state index contributed by atoms with van der Waals surface area (Å²) in [5.41, 5.74) is 2.83. The maximum absolute atomic E-state index is 13.8. The van der Waals surface area contributed by atoms with Gasteiger partial charge in [-0.1, -0.05) is 44.2 Å². The van der Waals surface area contributed by atoms with Crippen LogP contribution in [0.25, 0.3) is 10.9 Å². The highest BCUT2D eigenvalue weighted by Gasteiger charge is 2.23. The largest absolute Gasteiger partial charge is 0.361 e. The minimum atomic E-state index is -0.289. The lowest BCUT2D eigenvalue weighted by molar-refractivity contribution is -0.122. The number of aromatic nitrogens is 1. The normalized spacial score (nSPS) is 13.7. The standard InChI is InChI=1S/C22H25FN2O/c1-14(2)15(3)25-22(26)12-19(16-7-6-8-17(23)11-16)20-13-24-21-10-5-4-9-18(20)21/h4-11,13-15,19,24H,12H2,1-3H3,(H,25,26)/t15-,19+/m1/s1. The van der Waals surface area contributed by atoms with Crippen LogP contribution in [0.3, 0.4) is 0 Å². The zero-order valence-corrected chi connectivity index (χ0v) is 15.4. The fourth-order valence-electron chi connectivity index (χ4n) is 3.18. The number of aromatic amines is 1. The van der Waals surface area contributed by atoms with Crippen LogP contribution >= 0.6 is 0 Å². The van der Waals surface area contributed by atoms with Crippen molar-refractivity contribution in [3.63, 3.8) is 0 Å². The van der Waals surface area contributed by atoms with Gasteiger partial charge < -0.3 is 10.3 Å². The number of benzene rings is 2. The van der Waals surface area contributed by atoms with E-state index in [1.54, 1.807) is 6.07 Å². The average molecular weight is 352 g/mol. The third-order valence-corrected chi connectivity index (χ3v) is 5.03. The van der Waals surface area contributed by atoms with Gasteiger partial charge in [-0.15, -0.1) is 0 Å². The molecule has 3 nitrogen and oxygen atoms in total. The number of para-hydroxylation sites is 1. The molecule has 2 aromatic carbocycles. The van der Waals surface area contributed by atoms with Crippen LogP contribution in [0.5, 0.6) is 0 Å². The Morgan fingerprint density at radius 1 is 1.12 bits per heavy atom. The fourth-order valence-corrected chi connectivity index (χ4v) is 3.18. The fraction of sp³-hybridized carbons (Fsp3) is 0.318. The van der Waals surface area contributed by atoms with Gasteiger partial charge in [0.05, 0.1) is 0 Å². The molecular formula is C22H25FN2O. The van der Waals surface area contributed by atoms with Crippen LogP contribution in [-0.2, 0) is 4.79 Å². The van der Waals surface area contributed by atoms with Gasteiger partial charge in [-0.05, 0) is 42.2 Å². The number of nitrogens with one attached hydrogen (secondary N) is 2. The minimum absolute atomic E-state index is 0.0225. The Labute approximate surface area is 153 Å². The maximum atomic E-state index is 13.8. The van der Waals surface area contributed by atoms with E-state index in [0.29, 0.717) is 5.92 Å². The number of rotatable bonds is 6. The van der Waals surface area contributed by atoms with Gasteiger partial charge in [0, 0.05) is 35.5 Å². The highest BCUT2D eigenvalue weighted by Crippen LogP contribution is 2.33. The molecule has 1 heterocycles. The number of amides is 1. The Hall–Kier alpha value is -2.62. The summed E-state index contributed by atoms with van der Waals surface area (Å²) in [5.74, 6) is -0.157. The maximum Gasteiger partial charge on any atom is 0.221 e. The summed E-state index contributed by atoms with van der Waals surface area (Å²) in [6.45, 7) is 6.16.